The van der Waals surface area contributed by atoms with Gasteiger partial charge in [-0.2, -0.15) is 0 Å². The molecule has 1 heterocycles. The second kappa shape index (κ2) is 6.34. The Balaban J connectivity index is 2.46. The van der Waals surface area contributed by atoms with Gasteiger partial charge in [0.1, 0.15) is 5.75 Å². The molecule has 1 aromatic carbocycles. The molecule has 0 aliphatic carbocycles. The second-order valence-electron chi connectivity index (χ2n) is 4.58. The van der Waals surface area contributed by atoms with Gasteiger partial charge >= 0.3 is 0 Å². The third-order valence-corrected chi connectivity index (χ3v) is 3.33. The number of nitrogens with two attached hydrogens (primary N) is 1. The highest BCUT2D eigenvalue weighted by atomic mass is 16.3. The molecule has 3 N–H and O–H groups in total. The van der Waals surface area contributed by atoms with E-state index in [1.165, 1.54) is 0 Å². The summed E-state index contributed by atoms with van der Waals surface area (Å²) in [4.78, 5) is 10.6. The molecule has 0 aliphatic heterocycles. The van der Waals surface area contributed by atoms with Crippen molar-refractivity contribution in [2.24, 2.45) is 0 Å². The lowest BCUT2D eigenvalue weighted by atomic mass is 10.1. The highest BCUT2D eigenvalue weighted by Crippen LogP contribution is 2.30. The predicted octanol–water partition coefficient (Wildman–Crippen LogP) is 2.27. The molecule has 5 heteroatoms. The standard InChI is InChI=1S/C15H20N4O/c1-3-19(4-2)10-11-9-17-15(16)18-14(11)12-7-5-6-8-13(12)20/h5-9,20H,3-4,10H2,1-2H3,(H2,16,17,18). The van der Waals surface area contributed by atoms with Crippen LogP contribution in [0.2, 0.25) is 0 Å². The van der Waals surface area contributed by atoms with Crippen molar-refractivity contribution in [3.8, 4) is 17.0 Å². The summed E-state index contributed by atoms with van der Waals surface area (Å²) >= 11 is 0. The molecule has 0 spiro atoms. The van der Waals surface area contributed by atoms with E-state index in [-0.39, 0.29) is 11.7 Å². The lowest BCUT2D eigenvalue weighted by molar-refractivity contribution is 0.295. The number of phenols is 1. The van der Waals surface area contributed by atoms with E-state index in [1.807, 2.05) is 12.1 Å². The number of nitrogen functional groups attached to an aromatic ring is 1. The summed E-state index contributed by atoms with van der Waals surface area (Å²) < 4.78 is 0. The number of benzene rings is 1. The zero-order valence-corrected chi connectivity index (χ0v) is 11.9. The number of hydrogen-bond acceptors (Lipinski definition) is 5. The van der Waals surface area contributed by atoms with Gasteiger partial charge in [-0.05, 0) is 25.2 Å². The third kappa shape index (κ3) is 3.05. The van der Waals surface area contributed by atoms with Crippen molar-refractivity contribution >= 4 is 5.95 Å². The molecule has 106 valence electrons. The van der Waals surface area contributed by atoms with Gasteiger partial charge in [-0.1, -0.05) is 26.0 Å². The number of phenolic OH excluding ortho intramolecular Hbond substituents is 1. The molecule has 5 nitrogen and oxygen atoms in total. The lowest BCUT2D eigenvalue weighted by Gasteiger charge is -2.19. The first-order chi connectivity index (χ1) is 9.65. The van der Waals surface area contributed by atoms with Crippen LogP contribution >= 0.6 is 0 Å². The zero-order valence-electron chi connectivity index (χ0n) is 11.9. The molecule has 2 aromatic rings. The third-order valence-electron chi connectivity index (χ3n) is 3.33. The van der Waals surface area contributed by atoms with Crippen LogP contribution in [0, 0.1) is 0 Å². The molecule has 0 bridgehead atoms. The van der Waals surface area contributed by atoms with E-state index >= 15 is 0 Å². The molecular formula is C15H20N4O. The number of aromatic hydroxyl groups is 1. The Kier molecular flexibility index (Phi) is 4.53. The van der Waals surface area contributed by atoms with E-state index in [0.717, 1.165) is 25.2 Å². The van der Waals surface area contributed by atoms with Crippen molar-refractivity contribution in [2.45, 2.75) is 20.4 Å². The van der Waals surface area contributed by atoms with Crippen LogP contribution in [0.1, 0.15) is 19.4 Å². The summed E-state index contributed by atoms with van der Waals surface area (Å²) in [5, 5.41) is 10.0. The van der Waals surface area contributed by atoms with Crippen LogP contribution < -0.4 is 5.73 Å². The fraction of sp³-hybridized carbons (Fsp3) is 0.333. The molecule has 0 saturated carbocycles. The van der Waals surface area contributed by atoms with Gasteiger partial charge in [-0.3, -0.25) is 4.90 Å². The minimum Gasteiger partial charge on any atom is -0.507 e. The lowest BCUT2D eigenvalue weighted by Crippen LogP contribution is -2.23. The quantitative estimate of drug-likeness (QED) is 0.873. The predicted molar refractivity (Wildman–Crippen MR) is 80.2 cm³/mol. The minimum atomic E-state index is 0.200. The van der Waals surface area contributed by atoms with E-state index in [1.54, 1.807) is 18.3 Å². The van der Waals surface area contributed by atoms with E-state index in [0.29, 0.717) is 11.3 Å². The van der Waals surface area contributed by atoms with Gasteiger partial charge in [-0.15, -0.1) is 0 Å². The van der Waals surface area contributed by atoms with Crippen molar-refractivity contribution < 1.29 is 5.11 Å². The highest BCUT2D eigenvalue weighted by Gasteiger charge is 2.13. The van der Waals surface area contributed by atoms with Crippen molar-refractivity contribution in [1.29, 1.82) is 0 Å². The van der Waals surface area contributed by atoms with E-state index in [4.69, 9.17) is 5.73 Å². The van der Waals surface area contributed by atoms with Crippen LogP contribution in [0.4, 0.5) is 5.95 Å². The number of nitrogens with zero attached hydrogens (tertiary/aromatic N) is 3. The van der Waals surface area contributed by atoms with E-state index < -0.39 is 0 Å². The van der Waals surface area contributed by atoms with E-state index in [2.05, 4.69) is 28.7 Å². The van der Waals surface area contributed by atoms with Crippen LogP contribution in [0.15, 0.2) is 30.5 Å². The summed E-state index contributed by atoms with van der Waals surface area (Å²) in [6, 6.07) is 7.14. The Labute approximate surface area is 119 Å². The van der Waals surface area contributed by atoms with Crippen LogP contribution in [-0.4, -0.2) is 33.1 Å². The van der Waals surface area contributed by atoms with Gasteiger partial charge in [0.15, 0.2) is 0 Å². The molecule has 0 atom stereocenters. The fourth-order valence-corrected chi connectivity index (χ4v) is 2.13. The first kappa shape index (κ1) is 14.3. The molecule has 0 aliphatic rings. The fourth-order valence-electron chi connectivity index (χ4n) is 2.13. The van der Waals surface area contributed by atoms with Crippen LogP contribution in [0.5, 0.6) is 5.75 Å². The molecule has 0 radical (unpaired) electrons. The number of rotatable bonds is 5. The van der Waals surface area contributed by atoms with Gasteiger partial charge in [0.2, 0.25) is 5.95 Å². The highest BCUT2D eigenvalue weighted by molar-refractivity contribution is 5.69. The van der Waals surface area contributed by atoms with Gasteiger partial charge in [-0.25, -0.2) is 9.97 Å². The minimum absolute atomic E-state index is 0.200. The normalized spacial score (nSPS) is 10.9. The van der Waals surface area contributed by atoms with E-state index in [9.17, 15) is 5.11 Å². The van der Waals surface area contributed by atoms with Gasteiger partial charge in [0.25, 0.3) is 0 Å². The molecular weight excluding hydrogens is 252 g/mol. The molecule has 0 unspecified atom stereocenters. The van der Waals surface area contributed by atoms with Gasteiger partial charge < -0.3 is 10.8 Å². The number of para-hydroxylation sites is 1. The SMILES string of the molecule is CCN(CC)Cc1cnc(N)nc1-c1ccccc1O. The van der Waals surface area contributed by atoms with Crippen molar-refractivity contribution in [2.75, 3.05) is 18.8 Å². The molecule has 1 aromatic heterocycles. The van der Waals surface area contributed by atoms with Gasteiger partial charge in [0.05, 0.1) is 5.69 Å². The number of anilines is 1. The molecule has 0 fully saturated rings. The summed E-state index contributed by atoms with van der Waals surface area (Å²) in [5.41, 5.74) is 8.04. The Morgan fingerprint density at radius 1 is 1.20 bits per heavy atom. The maximum Gasteiger partial charge on any atom is 0.220 e. The number of aromatic nitrogens is 2. The first-order valence-corrected chi connectivity index (χ1v) is 6.77. The average molecular weight is 272 g/mol. The Bertz CT molecular complexity index is 582. The first-order valence-electron chi connectivity index (χ1n) is 6.77. The molecule has 0 saturated heterocycles. The molecule has 0 amide bonds. The van der Waals surface area contributed by atoms with Gasteiger partial charge in [0, 0.05) is 23.9 Å². The monoisotopic (exact) mass is 272 g/mol. The Morgan fingerprint density at radius 2 is 1.90 bits per heavy atom. The smallest absolute Gasteiger partial charge is 0.220 e. The second-order valence-corrected chi connectivity index (χ2v) is 4.58. The summed E-state index contributed by atoms with van der Waals surface area (Å²) in [5.74, 6) is 0.415. The zero-order chi connectivity index (χ0) is 14.5. The summed E-state index contributed by atoms with van der Waals surface area (Å²) in [7, 11) is 0. The Morgan fingerprint density at radius 3 is 2.55 bits per heavy atom. The van der Waals surface area contributed by atoms with Crippen LogP contribution in [-0.2, 0) is 6.54 Å². The van der Waals surface area contributed by atoms with Crippen molar-refractivity contribution in [3.05, 3.63) is 36.0 Å². The topological polar surface area (TPSA) is 75.3 Å². The molecule has 20 heavy (non-hydrogen) atoms. The summed E-state index contributed by atoms with van der Waals surface area (Å²) in [6.45, 7) is 6.85. The maximum absolute atomic E-state index is 10.0. The largest absolute Gasteiger partial charge is 0.507 e. The average Bonchev–Trinajstić information content (AvgIpc) is 2.46. The van der Waals surface area contributed by atoms with Crippen molar-refractivity contribution in [3.63, 3.8) is 0 Å². The van der Waals surface area contributed by atoms with Crippen LogP contribution in [0.3, 0.4) is 0 Å². The summed E-state index contributed by atoms with van der Waals surface area (Å²) in [6.07, 6.45) is 1.74. The maximum atomic E-state index is 10.0. The molecule has 2 rings (SSSR count). The van der Waals surface area contributed by atoms with Crippen molar-refractivity contribution in [1.82, 2.24) is 14.9 Å². The van der Waals surface area contributed by atoms with Crippen LogP contribution in [0.25, 0.3) is 11.3 Å². The number of hydrogen-bond donors (Lipinski definition) is 2. The Hall–Kier alpha value is -2.14.